The average molecular weight is 449 g/mol. The molecule has 33 heavy (non-hydrogen) atoms. The molecule has 2 aliphatic rings. The first-order valence-electron chi connectivity index (χ1n) is 11.0. The summed E-state index contributed by atoms with van der Waals surface area (Å²) < 4.78 is 0. The van der Waals surface area contributed by atoms with Crippen LogP contribution in [0.4, 0.5) is 16.2 Å². The number of anilines is 2. The molecule has 2 aromatic rings. The fraction of sp³-hybridized carbons (Fsp3) is 0.360. The number of hydrogen-bond donors (Lipinski definition) is 2. The van der Waals surface area contributed by atoms with E-state index in [0.29, 0.717) is 23.4 Å². The van der Waals surface area contributed by atoms with Crippen LogP contribution < -0.4 is 15.5 Å². The van der Waals surface area contributed by atoms with Gasteiger partial charge in [-0.2, -0.15) is 0 Å². The largest absolute Gasteiger partial charge is 0.325 e. The fourth-order valence-corrected chi connectivity index (χ4v) is 4.66. The average Bonchev–Trinajstić information content (AvgIpc) is 2.99. The van der Waals surface area contributed by atoms with Crippen molar-refractivity contribution in [3.05, 3.63) is 60.2 Å². The highest BCUT2D eigenvalue weighted by atomic mass is 16.2. The maximum Gasteiger partial charge on any atom is 0.325 e. The van der Waals surface area contributed by atoms with Gasteiger partial charge in [0, 0.05) is 0 Å². The molecule has 0 spiro atoms. The van der Waals surface area contributed by atoms with Crippen molar-refractivity contribution < 1.29 is 19.2 Å². The smallest absolute Gasteiger partial charge is 0.322 e. The quantitative estimate of drug-likeness (QED) is 0.686. The second-order valence-electron chi connectivity index (χ2n) is 9.45. The second-order valence-corrected chi connectivity index (χ2v) is 9.45. The van der Waals surface area contributed by atoms with E-state index in [2.05, 4.69) is 10.6 Å². The third-order valence-corrected chi connectivity index (χ3v) is 6.21. The number of benzene rings is 2. The van der Waals surface area contributed by atoms with Crippen molar-refractivity contribution in [1.29, 1.82) is 0 Å². The Balaban J connectivity index is 1.68. The second kappa shape index (κ2) is 8.03. The molecule has 2 N–H and O–H groups in total. The van der Waals surface area contributed by atoms with Crippen LogP contribution in [0.25, 0.3) is 0 Å². The molecule has 2 heterocycles. The van der Waals surface area contributed by atoms with Gasteiger partial charge in [0.1, 0.15) is 17.6 Å². The number of hydrogen-bond acceptors (Lipinski definition) is 4. The van der Waals surface area contributed by atoms with Crippen LogP contribution in [0.2, 0.25) is 0 Å². The van der Waals surface area contributed by atoms with Gasteiger partial charge >= 0.3 is 6.03 Å². The Morgan fingerprint density at radius 3 is 2.27 bits per heavy atom. The molecule has 8 nitrogen and oxygen atoms in total. The highest BCUT2D eigenvalue weighted by Crippen LogP contribution is 2.38. The molecule has 5 amide bonds. The van der Waals surface area contributed by atoms with E-state index in [-0.39, 0.29) is 11.8 Å². The Bertz CT molecular complexity index is 1130. The van der Waals surface area contributed by atoms with Crippen LogP contribution in [0, 0.1) is 5.92 Å². The zero-order valence-corrected chi connectivity index (χ0v) is 19.2. The summed E-state index contributed by atoms with van der Waals surface area (Å²) in [6.45, 7) is 6.75. The van der Waals surface area contributed by atoms with E-state index in [9.17, 15) is 19.2 Å². The molecule has 2 aromatic carbocycles. The van der Waals surface area contributed by atoms with Gasteiger partial charge in [0.15, 0.2) is 0 Å². The van der Waals surface area contributed by atoms with E-state index in [4.69, 9.17) is 0 Å². The summed E-state index contributed by atoms with van der Waals surface area (Å²) in [5, 5.41) is 5.67. The van der Waals surface area contributed by atoms with Gasteiger partial charge in [0.25, 0.3) is 5.91 Å². The molecule has 0 radical (unpaired) electrons. The molecule has 1 atom stereocenters. The molecule has 4 rings (SSSR count). The highest BCUT2D eigenvalue weighted by Gasteiger charge is 2.54. The van der Waals surface area contributed by atoms with Crippen LogP contribution in [0.5, 0.6) is 0 Å². The minimum atomic E-state index is -1.24. The van der Waals surface area contributed by atoms with E-state index in [1.807, 2.05) is 32.0 Å². The summed E-state index contributed by atoms with van der Waals surface area (Å²) in [7, 11) is 0. The fourth-order valence-electron chi connectivity index (χ4n) is 4.66. The van der Waals surface area contributed by atoms with Crippen molar-refractivity contribution in [2.75, 3.05) is 16.8 Å². The van der Waals surface area contributed by atoms with Crippen LogP contribution in [-0.2, 0) is 19.9 Å². The van der Waals surface area contributed by atoms with Gasteiger partial charge in [-0.05, 0) is 43.9 Å². The van der Waals surface area contributed by atoms with Crippen LogP contribution >= 0.6 is 0 Å². The Kier molecular flexibility index (Phi) is 5.47. The first-order chi connectivity index (χ1) is 15.6. The van der Waals surface area contributed by atoms with Crippen molar-refractivity contribution in [2.45, 2.75) is 45.2 Å². The van der Waals surface area contributed by atoms with Crippen LogP contribution in [0.3, 0.4) is 0 Å². The molecule has 1 fully saturated rings. The molecule has 1 saturated heterocycles. The van der Waals surface area contributed by atoms with Gasteiger partial charge in [-0.3, -0.25) is 24.2 Å². The molecular weight excluding hydrogens is 420 g/mol. The summed E-state index contributed by atoms with van der Waals surface area (Å²) in [5.41, 5.74) is -0.727. The minimum absolute atomic E-state index is 0.113. The lowest BCUT2D eigenvalue weighted by atomic mass is 9.82. The molecule has 8 heteroatoms. The van der Waals surface area contributed by atoms with E-state index in [1.165, 1.54) is 4.90 Å². The molecular formula is C25H28N4O4. The zero-order valence-electron chi connectivity index (χ0n) is 19.2. The van der Waals surface area contributed by atoms with E-state index < -0.39 is 35.5 Å². The molecule has 2 aliphatic heterocycles. The number of urea groups is 1. The van der Waals surface area contributed by atoms with E-state index in [1.54, 1.807) is 50.2 Å². The number of amides is 5. The van der Waals surface area contributed by atoms with Gasteiger partial charge in [0.05, 0.1) is 11.4 Å². The molecule has 0 saturated carbocycles. The van der Waals surface area contributed by atoms with Crippen molar-refractivity contribution >= 4 is 35.1 Å². The lowest BCUT2D eigenvalue weighted by molar-refractivity contribution is -0.135. The molecule has 172 valence electrons. The Morgan fingerprint density at radius 1 is 0.970 bits per heavy atom. The summed E-state index contributed by atoms with van der Waals surface area (Å²) in [5.74, 6) is -1.21. The van der Waals surface area contributed by atoms with Crippen LogP contribution in [0.1, 0.15) is 39.7 Å². The normalized spacial score (nSPS) is 21.7. The summed E-state index contributed by atoms with van der Waals surface area (Å²) >= 11 is 0. The lowest BCUT2D eigenvalue weighted by Gasteiger charge is -2.42. The van der Waals surface area contributed by atoms with Gasteiger partial charge in [-0.1, -0.05) is 56.3 Å². The summed E-state index contributed by atoms with van der Waals surface area (Å²) in [6.07, 6.45) is 0.396. The Hall–Kier alpha value is -3.68. The maximum absolute atomic E-state index is 13.7. The summed E-state index contributed by atoms with van der Waals surface area (Å²) in [4.78, 5) is 55.2. The number of fused-ring (bicyclic) bond motifs is 1. The number of nitrogens with one attached hydrogen (secondary N) is 2. The minimum Gasteiger partial charge on any atom is -0.322 e. The molecule has 0 aromatic heterocycles. The lowest BCUT2D eigenvalue weighted by Crippen LogP contribution is -2.60. The maximum atomic E-state index is 13.7. The number of para-hydroxylation sites is 2. The van der Waals surface area contributed by atoms with Crippen LogP contribution in [0.15, 0.2) is 54.6 Å². The number of nitrogens with zero attached hydrogens (tertiary/aromatic N) is 2. The van der Waals surface area contributed by atoms with Gasteiger partial charge in [-0.25, -0.2) is 4.79 Å². The molecule has 1 unspecified atom stereocenters. The summed E-state index contributed by atoms with van der Waals surface area (Å²) in [6, 6.07) is 15.4. The molecule has 0 aliphatic carbocycles. The predicted octanol–water partition coefficient (Wildman–Crippen LogP) is 3.24. The topological polar surface area (TPSA) is 98.8 Å². The van der Waals surface area contributed by atoms with Crippen molar-refractivity contribution in [3.8, 4) is 0 Å². The number of rotatable bonds is 5. The standard InChI is InChI=1S/C25H28N4O4/c1-16(2)14-25(17-10-6-5-7-11-17)22(32)28(23(33)27-25)15-20(30)29-19-13-9-8-12-18(19)26-21(31)24(29,3)4/h5-13,16H,14-15H2,1-4H3,(H,26,31)(H,27,33). The SMILES string of the molecule is CC(C)CC1(c2ccccc2)NC(=O)N(CC(=O)N2c3ccccc3NC(=O)C2(C)C)C1=O. The Labute approximate surface area is 192 Å². The first kappa shape index (κ1) is 22.5. The van der Waals surface area contributed by atoms with Gasteiger partial charge in [0.2, 0.25) is 11.8 Å². The third-order valence-electron chi connectivity index (χ3n) is 6.21. The van der Waals surface area contributed by atoms with Crippen LogP contribution in [-0.4, -0.2) is 40.7 Å². The van der Waals surface area contributed by atoms with E-state index in [0.717, 1.165) is 4.90 Å². The van der Waals surface area contributed by atoms with Crippen molar-refractivity contribution in [2.24, 2.45) is 5.92 Å². The van der Waals surface area contributed by atoms with Crippen molar-refractivity contribution in [3.63, 3.8) is 0 Å². The number of carbonyl (C=O) groups excluding carboxylic acids is 4. The first-order valence-corrected chi connectivity index (χ1v) is 11.0. The van der Waals surface area contributed by atoms with Gasteiger partial charge < -0.3 is 10.6 Å². The highest BCUT2D eigenvalue weighted by molar-refractivity contribution is 6.16. The third kappa shape index (κ3) is 3.65. The predicted molar refractivity (Wildman–Crippen MR) is 124 cm³/mol. The monoisotopic (exact) mass is 448 g/mol. The Morgan fingerprint density at radius 2 is 1.61 bits per heavy atom. The van der Waals surface area contributed by atoms with Gasteiger partial charge in [-0.15, -0.1) is 0 Å². The molecule has 0 bridgehead atoms. The van der Waals surface area contributed by atoms with E-state index >= 15 is 0 Å². The number of carbonyl (C=O) groups is 4. The number of imide groups is 1. The van der Waals surface area contributed by atoms with Crippen molar-refractivity contribution in [1.82, 2.24) is 10.2 Å². The zero-order chi connectivity index (χ0) is 24.0.